The highest BCUT2D eigenvalue weighted by Crippen LogP contribution is 2.29. The van der Waals surface area contributed by atoms with E-state index in [0.29, 0.717) is 6.04 Å². The molecule has 1 unspecified atom stereocenters. The van der Waals surface area contributed by atoms with Crippen molar-refractivity contribution < 1.29 is 0 Å². The molecule has 0 aromatic rings. The molecule has 1 fully saturated rings. The van der Waals surface area contributed by atoms with Crippen LogP contribution in [-0.2, 0) is 0 Å². The summed E-state index contributed by atoms with van der Waals surface area (Å²) < 4.78 is 0. The van der Waals surface area contributed by atoms with Crippen LogP contribution in [0, 0.1) is 11.8 Å². The van der Waals surface area contributed by atoms with Crippen molar-refractivity contribution in [3.05, 3.63) is 0 Å². The van der Waals surface area contributed by atoms with Gasteiger partial charge in [0.25, 0.3) is 0 Å². The zero-order valence-corrected chi connectivity index (χ0v) is 13.2. The van der Waals surface area contributed by atoms with E-state index in [4.69, 9.17) is 0 Å². The van der Waals surface area contributed by atoms with Crippen LogP contribution in [0.5, 0.6) is 0 Å². The lowest BCUT2D eigenvalue weighted by Gasteiger charge is -2.34. The van der Waals surface area contributed by atoms with E-state index in [9.17, 15) is 0 Å². The first-order valence-corrected chi connectivity index (χ1v) is 8.05. The third-order valence-electron chi connectivity index (χ3n) is 4.66. The molecular formula is C16H34N2. The van der Waals surface area contributed by atoms with Crippen LogP contribution < -0.4 is 5.32 Å². The van der Waals surface area contributed by atoms with Gasteiger partial charge in [-0.3, -0.25) is 0 Å². The van der Waals surface area contributed by atoms with E-state index in [0.717, 1.165) is 17.9 Å². The maximum absolute atomic E-state index is 3.84. The van der Waals surface area contributed by atoms with Crippen molar-refractivity contribution in [1.29, 1.82) is 0 Å². The molecule has 0 spiro atoms. The normalized spacial score (nSPS) is 26.8. The van der Waals surface area contributed by atoms with Crippen LogP contribution in [0.4, 0.5) is 0 Å². The van der Waals surface area contributed by atoms with Gasteiger partial charge in [0.05, 0.1) is 0 Å². The van der Waals surface area contributed by atoms with Crippen LogP contribution in [0.3, 0.4) is 0 Å². The summed E-state index contributed by atoms with van der Waals surface area (Å²) in [5, 5.41) is 3.84. The van der Waals surface area contributed by atoms with Gasteiger partial charge in [0.2, 0.25) is 0 Å². The van der Waals surface area contributed by atoms with Crippen LogP contribution in [0.1, 0.15) is 60.3 Å². The first-order chi connectivity index (χ1) is 8.56. The lowest BCUT2D eigenvalue weighted by atomic mass is 9.79. The Morgan fingerprint density at radius 3 is 2.00 bits per heavy atom. The highest BCUT2D eigenvalue weighted by Gasteiger charge is 2.24. The minimum atomic E-state index is 0.630. The average Bonchev–Trinajstić information content (AvgIpc) is 2.36. The minimum Gasteiger partial charge on any atom is -0.310 e. The second-order valence-corrected chi connectivity index (χ2v) is 6.41. The molecule has 0 radical (unpaired) electrons. The van der Waals surface area contributed by atoms with Crippen LogP contribution in [-0.4, -0.2) is 36.6 Å². The quantitative estimate of drug-likeness (QED) is 0.748. The third kappa shape index (κ3) is 5.27. The summed E-state index contributed by atoms with van der Waals surface area (Å²) in [6.45, 7) is 15.1. The van der Waals surface area contributed by atoms with Crippen molar-refractivity contribution in [2.75, 3.05) is 19.6 Å². The van der Waals surface area contributed by atoms with Gasteiger partial charge < -0.3 is 10.2 Å². The fourth-order valence-electron chi connectivity index (χ4n) is 3.28. The fraction of sp³-hybridized carbons (Fsp3) is 1.00. The zero-order chi connectivity index (χ0) is 13.5. The predicted molar refractivity (Wildman–Crippen MR) is 81.0 cm³/mol. The molecule has 1 saturated carbocycles. The number of likely N-dealkylation sites (N-methyl/N-ethyl adjacent to an activating group) is 1. The van der Waals surface area contributed by atoms with Crippen LogP contribution in [0.25, 0.3) is 0 Å². The summed E-state index contributed by atoms with van der Waals surface area (Å²) in [7, 11) is 0. The van der Waals surface area contributed by atoms with E-state index in [1.165, 1.54) is 45.3 Å². The summed E-state index contributed by atoms with van der Waals surface area (Å²) in [4.78, 5) is 2.51. The molecule has 0 aliphatic heterocycles. The van der Waals surface area contributed by atoms with E-state index in [-0.39, 0.29) is 0 Å². The standard InChI is InChI=1S/C16H34N2/c1-6-18(7-2)12-14(5)17-16-10-8-15(9-11-16)13(3)4/h13-17H,6-12H2,1-5H3. The Morgan fingerprint density at radius 1 is 1.00 bits per heavy atom. The summed E-state index contributed by atoms with van der Waals surface area (Å²) in [6.07, 6.45) is 5.61. The summed E-state index contributed by atoms with van der Waals surface area (Å²) >= 11 is 0. The molecule has 0 saturated heterocycles. The molecule has 2 nitrogen and oxygen atoms in total. The molecule has 1 atom stereocenters. The van der Waals surface area contributed by atoms with Crippen molar-refractivity contribution in [2.45, 2.75) is 72.4 Å². The lowest BCUT2D eigenvalue weighted by Crippen LogP contribution is -2.45. The first kappa shape index (κ1) is 16.0. The van der Waals surface area contributed by atoms with E-state index in [1.54, 1.807) is 0 Å². The van der Waals surface area contributed by atoms with Crippen molar-refractivity contribution in [1.82, 2.24) is 10.2 Å². The third-order valence-corrected chi connectivity index (χ3v) is 4.66. The Bertz CT molecular complexity index is 203. The molecule has 2 heteroatoms. The molecular weight excluding hydrogens is 220 g/mol. The molecule has 1 N–H and O–H groups in total. The van der Waals surface area contributed by atoms with Crippen molar-refractivity contribution in [3.63, 3.8) is 0 Å². The van der Waals surface area contributed by atoms with Gasteiger partial charge in [-0.1, -0.05) is 27.7 Å². The van der Waals surface area contributed by atoms with Gasteiger partial charge in [-0.15, -0.1) is 0 Å². The van der Waals surface area contributed by atoms with Gasteiger partial charge in [0, 0.05) is 18.6 Å². The predicted octanol–water partition coefficient (Wildman–Crippen LogP) is 3.52. The smallest absolute Gasteiger partial charge is 0.0169 e. The molecule has 0 amide bonds. The van der Waals surface area contributed by atoms with Crippen LogP contribution in [0.15, 0.2) is 0 Å². The van der Waals surface area contributed by atoms with Crippen molar-refractivity contribution in [2.24, 2.45) is 11.8 Å². The second-order valence-electron chi connectivity index (χ2n) is 6.41. The molecule has 1 rings (SSSR count). The van der Waals surface area contributed by atoms with Gasteiger partial charge in [0.1, 0.15) is 0 Å². The zero-order valence-electron chi connectivity index (χ0n) is 13.2. The number of rotatable bonds is 7. The van der Waals surface area contributed by atoms with Crippen molar-refractivity contribution >= 4 is 0 Å². The second kappa shape index (κ2) is 8.16. The maximum Gasteiger partial charge on any atom is 0.0169 e. The minimum absolute atomic E-state index is 0.630. The monoisotopic (exact) mass is 254 g/mol. The summed E-state index contributed by atoms with van der Waals surface area (Å²) in [5.41, 5.74) is 0. The maximum atomic E-state index is 3.84. The lowest BCUT2D eigenvalue weighted by molar-refractivity contribution is 0.210. The van der Waals surface area contributed by atoms with Crippen LogP contribution in [0.2, 0.25) is 0 Å². The molecule has 0 bridgehead atoms. The summed E-state index contributed by atoms with van der Waals surface area (Å²) in [6, 6.07) is 1.40. The number of hydrogen-bond donors (Lipinski definition) is 1. The molecule has 0 heterocycles. The molecule has 1 aliphatic rings. The summed E-state index contributed by atoms with van der Waals surface area (Å²) in [5.74, 6) is 1.85. The Morgan fingerprint density at radius 2 is 1.56 bits per heavy atom. The molecule has 0 aromatic carbocycles. The highest BCUT2D eigenvalue weighted by molar-refractivity contribution is 4.81. The van der Waals surface area contributed by atoms with E-state index >= 15 is 0 Å². The highest BCUT2D eigenvalue weighted by atomic mass is 15.1. The van der Waals surface area contributed by atoms with E-state index in [1.807, 2.05) is 0 Å². The number of hydrogen-bond acceptors (Lipinski definition) is 2. The fourth-order valence-corrected chi connectivity index (χ4v) is 3.28. The molecule has 1 aliphatic carbocycles. The van der Waals surface area contributed by atoms with Gasteiger partial charge in [-0.05, 0) is 57.5 Å². The Hall–Kier alpha value is -0.0800. The Labute approximate surface area is 115 Å². The van der Waals surface area contributed by atoms with E-state index in [2.05, 4.69) is 44.8 Å². The number of nitrogens with zero attached hydrogens (tertiary/aromatic N) is 1. The topological polar surface area (TPSA) is 15.3 Å². The Balaban J connectivity index is 2.23. The molecule has 108 valence electrons. The Kier molecular flexibility index (Phi) is 7.25. The van der Waals surface area contributed by atoms with Crippen molar-refractivity contribution in [3.8, 4) is 0 Å². The average molecular weight is 254 g/mol. The van der Waals surface area contributed by atoms with Gasteiger partial charge >= 0.3 is 0 Å². The number of nitrogens with one attached hydrogen (secondary N) is 1. The van der Waals surface area contributed by atoms with E-state index < -0.39 is 0 Å². The largest absolute Gasteiger partial charge is 0.310 e. The first-order valence-electron chi connectivity index (χ1n) is 8.05. The van der Waals surface area contributed by atoms with Gasteiger partial charge in [-0.2, -0.15) is 0 Å². The van der Waals surface area contributed by atoms with Gasteiger partial charge in [-0.25, -0.2) is 0 Å². The van der Waals surface area contributed by atoms with Gasteiger partial charge in [0.15, 0.2) is 0 Å². The SMILES string of the molecule is CCN(CC)CC(C)NC1CCC(C(C)C)CC1. The molecule has 18 heavy (non-hydrogen) atoms. The van der Waals surface area contributed by atoms with Crippen LogP contribution >= 0.6 is 0 Å². The molecule has 0 aromatic heterocycles.